The Kier molecular flexibility index (Phi) is 6.76. The molecule has 5 heteroatoms. The van der Waals surface area contributed by atoms with Gasteiger partial charge in [-0.25, -0.2) is 8.42 Å². The Morgan fingerprint density at radius 3 is 2.69 bits per heavy atom. The third-order valence-corrected chi connectivity index (χ3v) is 8.09. The number of rotatable bonds is 9. The summed E-state index contributed by atoms with van der Waals surface area (Å²) in [5.41, 5.74) is 0. The first-order valence-corrected chi connectivity index (χ1v) is 11.7. The minimum atomic E-state index is -3.27. The van der Waals surface area contributed by atoms with Crippen molar-refractivity contribution in [1.82, 2.24) is 5.32 Å². The highest BCUT2D eigenvalue weighted by Gasteiger charge is 2.45. The third-order valence-electron chi connectivity index (χ3n) is 6.26. The van der Waals surface area contributed by atoms with Crippen molar-refractivity contribution in [2.75, 3.05) is 19.5 Å². The summed E-state index contributed by atoms with van der Waals surface area (Å²) in [5, 5.41) is 3.79. The van der Waals surface area contributed by atoms with E-state index in [1.807, 2.05) is 6.07 Å². The van der Waals surface area contributed by atoms with Crippen LogP contribution in [0.3, 0.4) is 0 Å². The molecule has 1 aromatic rings. The molecule has 2 fully saturated rings. The topological polar surface area (TPSA) is 55.4 Å². The van der Waals surface area contributed by atoms with Gasteiger partial charge in [-0.15, -0.1) is 0 Å². The largest absolute Gasteiger partial charge is 0.384 e. The smallest absolute Gasteiger partial charge is 0.179 e. The fourth-order valence-electron chi connectivity index (χ4n) is 5.19. The Morgan fingerprint density at radius 1 is 1.23 bits per heavy atom. The molecule has 0 aliphatic heterocycles. The quantitative estimate of drug-likeness (QED) is 0.711. The molecule has 0 amide bonds. The standard InChI is InChI=1S/C21H33NO3S/c1-3-8-18(15-26(23,24)19-10-5-4-6-11-19)22-21-17(14-25-2)13-16-9-7-12-20(16)21/h4-6,10-11,16-18,20-22H,3,7-9,12-15H2,1-2H3/t16-,17-,18-,20-,21?/m1/s1. The first-order chi connectivity index (χ1) is 12.5. The maximum atomic E-state index is 12.9. The number of nitrogens with one attached hydrogen (secondary N) is 1. The third kappa shape index (κ3) is 4.49. The lowest BCUT2D eigenvalue weighted by Crippen LogP contribution is -2.47. The van der Waals surface area contributed by atoms with Crippen LogP contribution < -0.4 is 5.32 Å². The lowest BCUT2D eigenvalue weighted by Gasteiger charge is -2.30. The molecule has 2 aliphatic carbocycles. The second-order valence-corrected chi connectivity index (χ2v) is 10.1. The Hall–Kier alpha value is -0.910. The number of methoxy groups -OCH3 is 1. The zero-order chi connectivity index (χ0) is 18.6. The summed E-state index contributed by atoms with van der Waals surface area (Å²) in [7, 11) is -1.50. The van der Waals surface area contributed by atoms with Crippen LogP contribution in [-0.4, -0.2) is 40.0 Å². The van der Waals surface area contributed by atoms with E-state index in [1.165, 1.54) is 25.7 Å². The zero-order valence-corrected chi connectivity index (χ0v) is 16.9. The molecule has 2 saturated carbocycles. The fraction of sp³-hybridized carbons (Fsp3) is 0.714. The van der Waals surface area contributed by atoms with Crippen molar-refractivity contribution >= 4 is 9.84 Å². The number of hydrogen-bond donors (Lipinski definition) is 1. The van der Waals surface area contributed by atoms with Crippen molar-refractivity contribution < 1.29 is 13.2 Å². The lowest BCUT2D eigenvalue weighted by atomic mass is 9.94. The first kappa shape index (κ1) is 19.8. The molecule has 0 bridgehead atoms. The Balaban J connectivity index is 1.73. The van der Waals surface area contributed by atoms with Crippen LogP contribution in [0.5, 0.6) is 0 Å². The number of benzene rings is 1. The molecule has 2 aliphatic rings. The maximum Gasteiger partial charge on any atom is 0.179 e. The van der Waals surface area contributed by atoms with E-state index in [1.54, 1.807) is 31.4 Å². The van der Waals surface area contributed by atoms with Gasteiger partial charge < -0.3 is 10.1 Å². The van der Waals surface area contributed by atoms with E-state index in [9.17, 15) is 8.42 Å². The summed E-state index contributed by atoms with van der Waals surface area (Å²) in [6.45, 7) is 2.90. The molecule has 3 rings (SSSR count). The predicted octanol–water partition coefficient (Wildman–Crippen LogP) is 3.67. The second-order valence-electron chi connectivity index (χ2n) is 8.08. The Labute approximate surface area is 158 Å². The normalized spacial score (nSPS) is 29.6. The SMILES string of the molecule is CCC[C@H](CS(=O)(=O)c1ccccc1)NC1[C@@H](COC)C[C@H]2CCC[C@@H]12. The highest BCUT2D eigenvalue weighted by atomic mass is 32.2. The molecule has 0 radical (unpaired) electrons. The van der Waals surface area contributed by atoms with E-state index in [0.29, 0.717) is 22.8 Å². The van der Waals surface area contributed by atoms with Crippen LogP contribution in [0.2, 0.25) is 0 Å². The summed E-state index contributed by atoms with van der Waals surface area (Å²) in [5.74, 6) is 2.17. The van der Waals surface area contributed by atoms with Crippen molar-refractivity contribution in [3.05, 3.63) is 30.3 Å². The molecular weight excluding hydrogens is 346 g/mol. The highest BCUT2D eigenvalue weighted by molar-refractivity contribution is 7.91. The Bertz CT molecular complexity index is 661. The van der Waals surface area contributed by atoms with Crippen LogP contribution in [0, 0.1) is 17.8 Å². The van der Waals surface area contributed by atoms with E-state index in [-0.39, 0.29) is 11.8 Å². The van der Waals surface area contributed by atoms with Gasteiger partial charge in [-0.3, -0.25) is 0 Å². The Morgan fingerprint density at radius 2 is 2.00 bits per heavy atom. The molecule has 146 valence electrons. The molecule has 0 heterocycles. The van der Waals surface area contributed by atoms with E-state index in [0.717, 1.165) is 25.4 Å². The lowest BCUT2D eigenvalue weighted by molar-refractivity contribution is 0.130. The van der Waals surface area contributed by atoms with E-state index in [4.69, 9.17) is 4.74 Å². The fourth-order valence-corrected chi connectivity index (χ4v) is 6.74. The van der Waals surface area contributed by atoms with Gasteiger partial charge in [0.05, 0.1) is 17.3 Å². The zero-order valence-electron chi connectivity index (χ0n) is 16.1. The number of ether oxygens (including phenoxy) is 1. The van der Waals surface area contributed by atoms with Gasteiger partial charge in [-0.05, 0) is 49.1 Å². The van der Waals surface area contributed by atoms with Gasteiger partial charge >= 0.3 is 0 Å². The van der Waals surface area contributed by atoms with Gasteiger partial charge in [0, 0.05) is 19.2 Å². The van der Waals surface area contributed by atoms with Gasteiger partial charge in [-0.2, -0.15) is 0 Å². The molecular formula is C21H33NO3S. The van der Waals surface area contributed by atoms with E-state index < -0.39 is 9.84 Å². The summed E-state index contributed by atoms with van der Waals surface area (Å²) < 4.78 is 31.2. The van der Waals surface area contributed by atoms with Gasteiger partial charge in [0.2, 0.25) is 0 Å². The molecule has 0 aromatic heterocycles. The van der Waals surface area contributed by atoms with Crippen molar-refractivity contribution in [1.29, 1.82) is 0 Å². The van der Waals surface area contributed by atoms with Crippen LogP contribution in [0.25, 0.3) is 0 Å². The average Bonchev–Trinajstić information content (AvgIpc) is 3.19. The van der Waals surface area contributed by atoms with Crippen molar-refractivity contribution in [2.24, 2.45) is 17.8 Å². The van der Waals surface area contributed by atoms with Gasteiger partial charge in [0.1, 0.15) is 0 Å². The summed E-state index contributed by atoms with van der Waals surface area (Å²) in [6.07, 6.45) is 7.00. The van der Waals surface area contributed by atoms with Crippen molar-refractivity contribution in [3.63, 3.8) is 0 Å². The minimum Gasteiger partial charge on any atom is -0.384 e. The predicted molar refractivity (Wildman–Crippen MR) is 105 cm³/mol. The van der Waals surface area contributed by atoms with Crippen LogP contribution in [0.15, 0.2) is 35.2 Å². The minimum absolute atomic E-state index is 0.00825. The van der Waals surface area contributed by atoms with Crippen LogP contribution >= 0.6 is 0 Å². The molecule has 0 spiro atoms. The number of fused-ring (bicyclic) bond motifs is 1. The molecule has 0 saturated heterocycles. The van der Waals surface area contributed by atoms with Gasteiger partial charge in [-0.1, -0.05) is 44.4 Å². The molecule has 1 aromatic carbocycles. The van der Waals surface area contributed by atoms with Crippen molar-refractivity contribution in [2.45, 2.75) is 62.4 Å². The van der Waals surface area contributed by atoms with Gasteiger partial charge in [0.15, 0.2) is 9.84 Å². The number of hydrogen-bond acceptors (Lipinski definition) is 4. The van der Waals surface area contributed by atoms with Crippen molar-refractivity contribution in [3.8, 4) is 0 Å². The van der Waals surface area contributed by atoms with Crippen LogP contribution in [0.4, 0.5) is 0 Å². The summed E-state index contributed by atoms with van der Waals surface area (Å²) in [6, 6.07) is 9.25. The summed E-state index contributed by atoms with van der Waals surface area (Å²) >= 11 is 0. The second kappa shape index (κ2) is 8.85. The highest BCUT2D eigenvalue weighted by Crippen LogP contribution is 2.47. The molecule has 5 atom stereocenters. The van der Waals surface area contributed by atoms with Crippen LogP contribution in [-0.2, 0) is 14.6 Å². The van der Waals surface area contributed by atoms with Gasteiger partial charge in [0.25, 0.3) is 0 Å². The molecule has 26 heavy (non-hydrogen) atoms. The molecule has 1 unspecified atom stereocenters. The first-order valence-electron chi connectivity index (χ1n) is 10.1. The average molecular weight is 380 g/mol. The molecule has 4 nitrogen and oxygen atoms in total. The molecule has 1 N–H and O–H groups in total. The van der Waals surface area contributed by atoms with E-state index in [2.05, 4.69) is 12.2 Å². The number of sulfone groups is 1. The van der Waals surface area contributed by atoms with Crippen LogP contribution in [0.1, 0.15) is 45.4 Å². The monoisotopic (exact) mass is 379 g/mol. The maximum absolute atomic E-state index is 12.9. The van der Waals surface area contributed by atoms with E-state index >= 15 is 0 Å². The summed E-state index contributed by atoms with van der Waals surface area (Å²) in [4.78, 5) is 0.432.